The van der Waals surface area contributed by atoms with Crippen LogP contribution in [-0.4, -0.2) is 29.1 Å². The number of rotatable bonds is 5. The number of ether oxygens (including phenoxy) is 2. The van der Waals surface area contributed by atoms with E-state index in [9.17, 15) is 9.90 Å². The molecule has 23 heavy (non-hydrogen) atoms. The number of nitrogens with zero attached hydrogens (tertiary/aromatic N) is 1. The molecule has 0 bridgehead atoms. The summed E-state index contributed by atoms with van der Waals surface area (Å²) in [6.45, 7) is 0.641. The molecule has 1 fully saturated rings. The van der Waals surface area contributed by atoms with Gasteiger partial charge in [0, 0.05) is 11.1 Å². The van der Waals surface area contributed by atoms with Crippen LogP contribution in [0, 0.1) is 0 Å². The third kappa shape index (κ3) is 3.80. The lowest BCUT2D eigenvalue weighted by molar-refractivity contribution is -0.182. The van der Waals surface area contributed by atoms with E-state index in [1.165, 1.54) is 0 Å². The van der Waals surface area contributed by atoms with Crippen LogP contribution in [0.1, 0.15) is 47.0 Å². The van der Waals surface area contributed by atoms with E-state index in [4.69, 9.17) is 14.0 Å². The molecule has 0 amide bonds. The van der Waals surface area contributed by atoms with Crippen LogP contribution in [0.4, 0.5) is 0 Å². The van der Waals surface area contributed by atoms with Crippen LogP contribution in [-0.2, 0) is 9.47 Å². The highest BCUT2D eigenvalue weighted by molar-refractivity contribution is 9.10. The number of carboxylic acid groups (broad SMARTS) is 1. The molecular formula is C16H16BrNO5. The van der Waals surface area contributed by atoms with E-state index in [1.54, 1.807) is 0 Å². The van der Waals surface area contributed by atoms with Gasteiger partial charge in [-0.05, 0) is 37.0 Å². The molecule has 0 spiro atoms. The van der Waals surface area contributed by atoms with Gasteiger partial charge >= 0.3 is 5.97 Å². The summed E-state index contributed by atoms with van der Waals surface area (Å²) in [7, 11) is 0. The first-order valence-electron chi connectivity index (χ1n) is 7.35. The Labute approximate surface area is 141 Å². The minimum Gasteiger partial charge on any atom is -0.478 e. The Balaban J connectivity index is 1.93. The molecule has 6 nitrogen and oxygen atoms in total. The first-order valence-corrected chi connectivity index (χ1v) is 8.14. The van der Waals surface area contributed by atoms with Crippen LogP contribution in [0.3, 0.4) is 0 Å². The van der Waals surface area contributed by atoms with E-state index >= 15 is 0 Å². The number of aromatic carboxylic acids is 1. The molecule has 0 saturated carbocycles. The van der Waals surface area contributed by atoms with E-state index in [0.29, 0.717) is 6.61 Å². The minimum absolute atomic E-state index is 0.00581. The Morgan fingerprint density at radius 1 is 1.35 bits per heavy atom. The van der Waals surface area contributed by atoms with Crippen LogP contribution in [0.25, 0.3) is 0 Å². The molecule has 2 heterocycles. The van der Waals surface area contributed by atoms with Gasteiger partial charge in [0.1, 0.15) is 23.6 Å². The Hall–Kier alpha value is -1.70. The quantitative estimate of drug-likeness (QED) is 0.848. The lowest BCUT2D eigenvalue weighted by Gasteiger charge is -2.27. The van der Waals surface area contributed by atoms with Crippen LogP contribution >= 0.6 is 15.9 Å². The van der Waals surface area contributed by atoms with Crippen LogP contribution < -0.4 is 0 Å². The van der Waals surface area contributed by atoms with Gasteiger partial charge in [-0.1, -0.05) is 33.2 Å². The third-order valence-corrected chi connectivity index (χ3v) is 4.20. The molecule has 7 heteroatoms. The van der Waals surface area contributed by atoms with E-state index in [1.807, 2.05) is 24.3 Å². The number of hydrogen-bond donors (Lipinski definition) is 1. The second-order valence-corrected chi connectivity index (χ2v) is 6.20. The van der Waals surface area contributed by atoms with Gasteiger partial charge in [-0.3, -0.25) is 0 Å². The van der Waals surface area contributed by atoms with Crippen molar-refractivity contribution < 1.29 is 23.9 Å². The standard InChI is InChI=1S/C16H16BrNO5/c17-11-6-4-10(5-7-11)15(23-13-3-1-2-8-21-13)14-12(16(19)20)9-22-18-14/h4-7,9,13,15H,1-3,8H2,(H,19,20). The molecule has 0 radical (unpaired) electrons. The summed E-state index contributed by atoms with van der Waals surface area (Å²) in [5.74, 6) is -1.10. The Morgan fingerprint density at radius 2 is 2.13 bits per heavy atom. The number of benzene rings is 1. The summed E-state index contributed by atoms with van der Waals surface area (Å²) in [5, 5.41) is 13.2. The summed E-state index contributed by atoms with van der Waals surface area (Å²) < 4.78 is 17.4. The zero-order chi connectivity index (χ0) is 16.2. The lowest BCUT2D eigenvalue weighted by Crippen LogP contribution is -2.25. The van der Waals surface area contributed by atoms with Gasteiger partial charge in [-0.15, -0.1) is 0 Å². The number of carboxylic acids is 1. The topological polar surface area (TPSA) is 81.8 Å². The zero-order valence-electron chi connectivity index (χ0n) is 12.3. The fourth-order valence-corrected chi connectivity index (χ4v) is 2.77. The maximum absolute atomic E-state index is 11.4. The molecule has 0 aliphatic carbocycles. The highest BCUT2D eigenvalue weighted by Gasteiger charge is 2.29. The summed E-state index contributed by atoms with van der Waals surface area (Å²) in [6.07, 6.45) is 2.88. The van der Waals surface area contributed by atoms with Gasteiger partial charge in [0.25, 0.3) is 0 Å². The summed E-state index contributed by atoms with van der Waals surface area (Å²) >= 11 is 3.39. The summed E-state index contributed by atoms with van der Waals surface area (Å²) in [4.78, 5) is 11.4. The van der Waals surface area contributed by atoms with Crippen molar-refractivity contribution in [2.75, 3.05) is 6.61 Å². The van der Waals surface area contributed by atoms with Crippen molar-refractivity contribution in [2.45, 2.75) is 31.7 Å². The molecule has 1 aromatic heterocycles. The largest absolute Gasteiger partial charge is 0.478 e. The molecule has 1 N–H and O–H groups in total. The van der Waals surface area contributed by atoms with Crippen molar-refractivity contribution in [1.82, 2.24) is 5.16 Å². The molecule has 1 aliphatic rings. The lowest BCUT2D eigenvalue weighted by atomic mass is 10.0. The summed E-state index contributed by atoms with van der Waals surface area (Å²) in [6, 6.07) is 7.46. The predicted octanol–water partition coefficient (Wildman–Crippen LogP) is 3.77. The normalized spacial score (nSPS) is 19.4. The average molecular weight is 382 g/mol. The van der Waals surface area contributed by atoms with E-state index < -0.39 is 12.1 Å². The molecule has 1 aromatic carbocycles. The highest BCUT2D eigenvalue weighted by atomic mass is 79.9. The maximum atomic E-state index is 11.4. The predicted molar refractivity (Wildman–Crippen MR) is 84.1 cm³/mol. The Morgan fingerprint density at radius 3 is 2.78 bits per heavy atom. The van der Waals surface area contributed by atoms with Gasteiger partial charge in [0.2, 0.25) is 0 Å². The van der Waals surface area contributed by atoms with Gasteiger partial charge in [-0.25, -0.2) is 4.79 Å². The molecule has 2 aromatic rings. The van der Waals surface area contributed by atoms with Crippen molar-refractivity contribution in [2.24, 2.45) is 0 Å². The SMILES string of the molecule is O=C(O)c1conc1C(OC1CCCCO1)c1ccc(Br)cc1. The first kappa shape index (κ1) is 16.2. The maximum Gasteiger partial charge on any atom is 0.341 e. The monoisotopic (exact) mass is 381 g/mol. The van der Waals surface area contributed by atoms with Crippen molar-refractivity contribution >= 4 is 21.9 Å². The van der Waals surface area contributed by atoms with Crippen molar-refractivity contribution in [3.05, 3.63) is 51.8 Å². The fourth-order valence-electron chi connectivity index (χ4n) is 2.50. The molecule has 2 atom stereocenters. The van der Waals surface area contributed by atoms with E-state index in [-0.39, 0.29) is 17.5 Å². The molecule has 2 unspecified atom stereocenters. The van der Waals surface area contributed by atoms with Crippen molar-refractivity contribution in [3.8, 4) is 0 Å². The molecule has 1 aliphatic heterocycles. The molecule has 122 valence electrons. The van der Waals surface area contributed by atoms with Gasteiger partial charge in [-0.2, -0.15) is 0 Å². The number of carbonyl (C=O) groups is 1. The van der Waals surface area contributed by atoms with Gasteiger partial charge in [0.05, 0.1) is 0 Å². The van der Waals surface area contributed by atoms with Crippen molar-refractivity contribution in [1.29, 1.82) is 0 Å². The molecular weight excluding hydrogens is 366 g/mol. The minimum atomic E-state index is -1.10. The van der Waals surface area contributed by atoms with Crippen LogP contribution in [0.15, 0.2) is 39.5 Å². The van der Waals surface area contributed by atoms with Crippen LogP contribution in [0.5, 0.6) is 0 Å². The Bertz CT molecular complexity index is 663. The fraction of sp³-hybridized carbons (Fsp3) is 0.375. The number of aromatic nitrogens is 1. The first-order chi connectivity index (χ1) is 11.1. The second-order valence-electron chi connectivity index (χ2n) is 5.28. The zero-order valence-corrected chi connectivity index (χ0v) is 13.9. The Kier molecular flexibility index (Phi) is 5.09. The third-order valence-electron chi connectivity index (χ3n) is 3.67. The summed E-state index contributed by atoms with van der Waals surface area (Å²) in [5.41, 5.74) is 1.03. The van der Waals surface area contributed by atoms with E-state index in [0.717, 1.165) is 35.6 Å². The average Bonchev–Trinajstić information content (AvgIpc) is 3.04. The smallest absolute Gasteiger partial charge is 0.341 e. The molecule has 3 rings (SSSR count). The van der Waals surface area contributed by atoms with E-state index in [2.05, 4.69) is 21.1 Å². The molecule has 1 saturated heterocycles. The van der Waals surface area contributed by atoms with Crippen molar-refractivity contribution in [3.63, 3.8) is 0 Å². The number of hydrogen-bond acceptors (Lipinski definition) is 5. The second kappa shape index (κ2) is 7.25. The number of halogens is 1. The highest BCUT2D eigenvalue weighted by Crippen LogP contribution is 2.32. The van der Waals surface area contributed by atoms with Gasteiger partial charge in [0.15, 0.2) is 6.29 Å². The van der Waals surface area contributed by atoms with Gasteiger partial charge < -0.3 is 19.1 Å². The van der Waals surface area contributed by atoms with Crippen LogP contribution in [0.2, 0.25) is 0 Å².